The van der Waals surface area contributed by atoms with Crippen LogP contribution in [0.25, 0.3) is 45.0 Å². The minimum atomic E-state index is -0.389. The maximum atomic E-state index is 6.25. The molecule has 5 aromatic rings. The van der Waals surface area contributed by atoms with Gasteiger partial charge >= 0.3 is 7.12 Å². The van der Waals surface area contributed by atoms with Crippen LogP contribution in [-0.4, -0.2) is 33.3 Å². The standard InChI is InChI=1S/C33H30BN3O2/c1-32(2)33(3,4)39-34(38-32)29-12-8-11-28(21-29)25-15-19-27(20-16-25)31-36-22-35-30(37-31)26-17-13-24(14-18-26)23-9-6-5-7-10-23/h5-22H,1-4H3. The van der Waals surface area contributed by atoms with Crippen molar-refractivity contribution in [3.8, 4) is 45.0 Å². The van der Waals surface area contributed by atoms with E-state index in [9.17, 15) is 0 Å². The molecule has 0 N–H and O–H groups in total. The molecule has 0 amide bonds. The van der Waals surface area contributed by atoms with Crippen LogP contribution in [0.15, 0.2) is 109 Å². The molecule has 0 unspecified atom stereocenters. The van der Waals surface area contributed by atoms with E-state index < -0.39 is 0 Å². The fourth-order valence-electron chi connectivity index (χ4n) is 4.67. The molecule has 1 saturated heterocycles. The van der Waals surface area contributed by atoms with Crippen LogP contribution in [-0.2, 0) is 9.31 Å². The second kappa shape index (κ2) is 9.88. The van der Waals surface area contributed by atoms with Gasteiger partial charge in [0.1, 0.15) is 6.33 Å². The fourth-order valence-corrected chi connectivity index (χ4v) is 4.67. The van der Waals surface area contributed by atoms with Crippen LogP contribution in [0.5, 0.6) is 0 Å². The maximum absolute atomic E-state index is 6.25. The first-order valence-electron chi connectivity index (χ1n) is 13.2. The SMILES string of the molecule is CC1(C)OB(c2cccc(-c3ccc(-c4ncnc(-c5ccc(-c6ccccc6)cc5)n4)cc3)c2)OC1(C)C. The summed E-state index contributed by atoms with van der Waals surface area (Å²) in [4.78, 5) is 13.6. The van der Waals surface area contributed by atoms with Gasteiger partial charge in [-0.25, -0.2) is 15.0 Å². The maximum Gasteiger partial charge on any atom is 0.494 e. The normalized spacial score (nSPS) is 15.8. The Labute approximate surface area is 230 Å². The fraction of sp³-hybridized carbons (Fsp3) is 0.182. The zero-order valence-corrected chi connectivity index (χ0v) is 22.6. The zero-order chi connectivity index (χ0) is 27.0. The lowest BCUT2D eigenvalue weighted by Gasteiger charge is -2.32. The highest BCUT2D eigenvalue weighted by Gasteiger charge is 2.51. The van der Waals surface area contributed by atoms with Crippen LogP contribution in [0.1, 0.15) is 27.7 Å². The largest absolute Gasteiger partial charge is 0.494 e. The van der Waals surface area contributed by atoms with Crippen molar-refractivity contribution in [1.29, 1.82) is 0 Å². The van der Waals surface area contributed by atoms with E-state index >= 15 is 0 Å². The van der Waals surface area contributed by atoms with Gasteiger partial charge in [-0.2, -0.15) is 0 Å². The Hall–Kier alpha value is -4.13. The summed E-state index contributed by atoms with van der Waals surface area (Å²) in [5, 5.41) is 0. The molecule has 0 radical (unpaired) electrons. The molecule has 6 heteroatoms. The van der Waals surface area contributed by atoms with E-state index in [4.69, 9.17) is 14.3 Å². The molecule has 0 spiro atoms. The van der Waals surface area contributed by atoms with Crippen molar-refractivity contribution in [2.75, 3.05) is 0 Å². The third kappa shape index (κ3) is 5.01. The zero-order valence-electron chi connectivity index (χ0n) is 22.6. The highest BCUT2D eigenvalue weighted by Crippen LogP contribution is 2.36. The van der Waals surface area contributed by atoms with E-state index in [1.54, 1.807) is 6.33 Å². The molecule has 0 saturated carbocycles. The van der Waals surface area contributed by atoms with E-state index in [1.807, 2.05) is 24.3 Å². The molecule has 6 rings (SSSR count). The van der Waals surface area contributed by atoms with Crippen molar-refractivity contribution in [2.24, 2.45) is 0 Å². The van der Waals surface area contributed by atoms with E-state index in [-0.39, 0.29) is 18.3 Å². The van der Waals surface area contributed by atoms with Gasteiger partial charge in [-0.3, -0.25) is 0 Å². The summed E-state index contributed by atoms with van der Waals surface area (Å²) in [6, 6.07) is 35.3. The van der Waals surface area contributed by atoms with E-state index in [0.717, 1.165) is 33.3 Å². The number of benzene rings is 4. The molecule has 192 valence electrons. The number of hydrogen-bond acceptors (Lipinski definition) is 5. The minimum absolute atomic E-state index is 0.372. The smallest absolute Gasteiger partial charge is 0.399 e. The van der Waals surface area contributed by atoms with E-state index in [2.05, 4.69) is 117 Å². The molecule has 1 aromatic heterocycles. The van der Waals surface area contributed by atoms with Gasteiger partial charge < -0.3 is 9.31 Å². The predicted molar refractivity (Wildman–Crippen MR) is 157 cm³/mol. The van der Waals surface area contributed by atoms with Crippen molar-refractivity contribution < 1.29 is 9.31 Å². The Morgan fingerprint density at radius 3 is 1.54 bits per heavy atom. The average Bonchev–Trinajstić information content (AvgIpc) is 3.20. The number of rotatable bonds is 5. The molecule has 1 aliphatic rings. The van der Waals surface area contributed by atoms with Crippen molar-refractivity contribution in [2.45, 2.75) is 38.9 Å². The van der Waals surface area contributed by atoms with Crippen molar-refractivity contribution >= 4 is 12.6 Å². The van der Waals surface area contributed by atoms with Gasteiger partial charge in [0.05, 0.1) is 11.2 Å². The predicted octanol–water partition coefficient (Wildman–Crippen LogP) is 6.84. The molecular formula is C33H30BN3O2. The second-order valence-corrected chi connectivity index (χ2v) is 10.9. The molecule has 2 heterocycles. The van der Waals surface area contributed by atoms with Gasteiger partial charge in [-0.1, -0.05) is 103 Å². The number of nitrogens with zero attached hydrogens (tertiary/aromatic N) is 3. The third-order valence-electron chi connectivity index (χ3n) is 7.71. The molecule has 0 bridgehead atoms. The molecule has 4 aromatic carbocycles. The number of aromatic nitrogens is 3. The summed E-state index contributed by atoms with van der Waals surface area (Å²) in [5.74, 6) is 1.29. The molecule has 0 aliphatic carbocycles. The van der Waals surface area contributed by atoms with E-state index in [0.29, 0.717) is 11.6 Å². The number of hydrogen-bond donors (Lipinski definition) is 0. The molecule has 39 heavy (non-hydrogen) atoms. The van der Waals surface area contributed by atoms with Crippen LogP contribution in [0.2, 0.25) is 0 Å². The summed E-state index contributed by atoms with van der Waals surface area (Å²) in [6.45, 7) is 8.29. The minimum Gasteiger partial charge on any atom is -0.399 e. The lowest BCUT2D eigenvalue weighted by Crippen LogP contribution is -2.41. The van der Waals surface area contributed by atoms with Crippen molar-refractivity contribution in [1.82, 2.24) is 15.0 Å². The van der Waals surface area contributed by atoms with Gasteiger partial charge in [0.2, 0.25) is 0 Å². The van der Waals surface area contributed by atoms with Crippen LogP contribution in [0, 0.1) is 0 Å². The molecule has 0 atom stereocenters. The van der Waals surface area contributed by atoms with Crippen molar-refractivity contribution in [3.63, 3.8) is 0 Å². The van der Waals surface area contributed by atoms with Crippen molar-refractivity contribution in [3.05, 3.63) is 109 Å². The first kappa shape index (κ1) is 25.2. The van der Waals surface area contributed by atoms with Crippen LogP contribution in [0.3, 0.4) is 0 Å². The Morgan fingerprint density at radius 2 is 0.974 bits per heavy atom. The molecule has 1 fully saturated rings. The average molecular weight is 511 g/mol. The molecular weight excluding hydrogens is 481 g/mol. The summed E-state index contributed by atoms with van der Waals surface area (Å²) in [7, 11) is -0.389. The lowest BCUT2D eigenvalue weighted by atomic mass is 9.78. The van der Waals surface area contributed by atoms with Gasteiger partial charge in [0.15, 0.2) is 11.6 Å². The van der Waals surface area contributed by atoms with E-state index in [1.165, 1.54) is 5.56 Å². The second-order valence-electron chi connectivity index (χ2n) is 10.9. The summed E-state index contributed by atoms with van der Waals surface area (Å²) in [6.07, 6.45) is 1.57. The van der Waals surface area contributed by atoms with Crippen LogP contribution >= 0.6 is 0 Å². The Kier molecular flexibility index (Phi) is 6.38. The lowest BCUT2D eigenvalue weighted by molar-refractivity contribution is 0.00578. The Morgan fingerprint density at radius 1 is 0.513 bits per heavy atom. The van der Waals surface area contributed by atoms with Crippen LogP contribution < -0.4 is 5.46 Å². The summed E-state index contributed by atoms with van der Waals surface area (Å²) < 4.78 is 12.5. The Bertz CT molecular complexity index is 1580. The third-order valence-corrected chi connectivity index (χ3v) is 7.71. The van der Waals surface area contributed by atoms with Gasteiger partial charge in [-0.05, 0) is 55.4 Å². The van der Waals surface area contributed by atoms with Gasteiger partial charge in [-0.15, -0.1) is 0 Å². The van der Waals surface area contributed by atoms with Gasteiger partial charge in [0.25, 0.3) is 0 Å². The monoisotopic (exact) mass is 511 g/mol. The molecule has 5 nitrogen and oxygen atoms in total. The summed E-state index contributed by atoms with van der Waals surface area (Å²) >= 11 is 0. The topological polar surface area (TPSA) is 57.1 Å². The highest BCUT2D eigenvalue weighted by molar-refractivity contribution is 6.62. The highest BCUT2D eigenvalue weighted by atomic mass is 16.7. The Balaban J connectivity index is 1.22. The summed E-state index contributed by atoms with van der Waals surface area (Å²) in [5.41, 5.74) is 6.70. The first-order chi connectivity index (χ1) is 18.8. The first-order valence-corrected chi connectivity index (χ1v) is 13.2. The van der Waals surface area contributed by atoms with Crippen LogP contribution in [0.4, 0.5) is 0 Å². The molecule has 1 aliphatic heterocycles. The van der Waals surface area contributed by atoms with Gasteiger partial charge in [0, 0.05) is 11.1 Å². The quantitative estimate of drug-likeness (QED) is 0.242.